The molecule has 0 spiro atoms. The van der Waals surface area contributed by atoms with E-state index in [4.69, 9.17) is 0 Å². The van der Waals surface area contributed by atoms with Gasteiger partial charge >= 0.3 is 0 Å². The standard InChI is InChI=1S/C14H20BrNO2/c1-9(17)11-3-4-14(13(15)7-11)16(2)8-10-5-12(18)6-10/h3-4,7,9-10,12,17-18H,5-6,8H2,1-2H3/t9-,10?,12?/m1/s1. The molecule has 0 aliphatic heterocycles. The highest BCUT2D eigenvalue weighted by Crippen LogP contribution is 2.32. The lowest BCUT2D eigenvalue weighted by Crippen LogP contribution is -2.37. The van der Waals surface area contributed by atoms with Gasteiger partial charge < -0.3 is 15.1 Å². The second kappa shape index (κ2) is 5.59. The highest BCUT2D eigenvalue weighted by molar-refractivity contribution is 9.10. The highest BCUT2D eigenvalue weighted by atomic mass is 79.9. The van der Waals surface area contributed by atoms with Crippen molar-refractivity contribution in [2.75, 3.05) is 18.5 Å². The van der Waals surface area contributed by atoms with Crippen LogP contribution >= 0.6 is 15.9 Å². The second-order valence-electron chi connectivity index (χ2n) is 5.26. The first kappa shape index (κ1) is 13.8. The van der Waals surface area contributed by atoms with Gasteiger partial charge in [-0.2, -0.15) is 0 Å². The zero-order chi connectivity index (χ0) is 13.3. The second-order valence-corrected chi connectivity index (χ2v) is 6.11. The quantitative estimate of drug-likeness (QED) is 0.898. The van der Waals surface area contributed by atoms with E-state index in [1.807, 2.05) is 18.2 Å². The van der Waals surface area contributed by atoms with Gasteiger partial charge in [-0.05, 0) is 59.3 Å². The predicted octanol–water partition coefficient (Wildman–Crippen LogP) is 2.71. The molecule has 1 saturated carbocycles. The molecular formula is C14H20BrNO2. The lowest BCUT2D eigenvalue weighted by molar-refractivity contribution is 0.0464. The Morgan fingerprint density at radius 3 is 2.61 bits per heavy atom. The van der Waals surface area contributed by atoms with Crippen molar-refractivity contribution in [3.63, 3.8) is 0 Å². The van der Waals surface area contributed by atoms with Crippen molar-refractivity contribution in [2.24, 2.45) is 5.92 Å². The van der Waals surface area contributed by atoms with Gasteiger partial charge in [-0.3, -0.25) is 0 Å². The molecule has 0 saturated heterocycles. The van der Waals surface area contributed by atoms with E-state index in [1.165, 1.54) is 0 Å². The first-order chi connectivity index (χ1) is 8.47. The van der Waals surface area contributed by atoms with Crippen LogP contribution in [0, 0.1) is 5.92 Å². The summed E-state index contributed by atoms with van der Waals surface area (Å²) in [4.78, 5) is 2.20. The summed E-state index contributed by atoms with van der Waals surface area (Å²) in [5, 5.41) is 18.8. The Balaban J connectivity index is 2.03. The van der Waals surface area contributed by atoms with E-state index < -0.39 is 6.10 Å². The Kier molecular flexibility index (Phi) is 4.30. The zero-order valence-electron chi connectivity index (χ0n) is 10.8. The van der Waals surface area contributed by atoms with Crippen LogP contribution in [0.15, 0.2) is 22.7 Å². The Labute approximate surface area is 117 Å². The Bertz CT molecular complexity index is 416. The van der Waals surface area contributed by atoms with Crippen LogP contribution in [0.1, 0.15) is 31.4 Å². The van der Waals surface area contributed by atoms with Crippen LogP contribution in [-0.4, -0.2) is 29.9 Å². The van der Waals surface area contributed by atoms with Crippen molar-refractivity contribution in [1.29, 1.82) is 0 Å². The monoisotopic (exact) mass is 313 g/mol. The molecule has 1 atom stereocenters. The van der Waals surface area contributed by atoms with Gasteiger partial charge in [0.1, 0.15) is 0 Å². The first-order valence-electron chi connectivity index (χ1n) is 6.34. The van der Waals surface area contributed by atoms with Crippen molar-refractivity contribution < 1.29 is 10.2 Å². The molecule has 2 N–H and O–H groups in total. The number of halogens is 1. The SMILES string of the molecule is C[C@@H](O)c1ccc(N(C)CC2CC(O)C2)c(Br)c1. The average Bonchev–Trinajstić information content (AvgIpc) is 2.26. The number of aliphatic hydroxyl groups is 2. The predicted molar refractivity (Wildman–Crippen MR) is 76.8 cm³/mol. The van der Waals surface area contributed by atoms with Crippen LogP contribution in [0.25, 0.3) is 0 Å². The fraction of sp³-hybridized carbons (Fsp3) is 0.571. The van der Waals surface area contributed by atoms with Gasteiger partial charge in [0.2, 0.25) is 0 Å². The molecule has 3 nitrogen and oxygen atoms in total. The third kappa shape index (κ3) is 3.05. The van der Waals surface area contributed by atoms with Gasteiger partial charge in [0.05, 0.1) is 17.9 Å². The smallest absolute Gasteiger partial charge is 0.0762 e. The van der Waals surface area contributed by atoms with E-state index in [2.05, 4.69) is 27.9 Å². The maximum atomic E-state index is 9.54. The molecule has 0 bridgehead atoms. The lowest BCUT2D eigenvalue weighted by Gasteiger charge is -2.35. The summed E-state index contributed by atoms with van der Waals surface area (Å²) in [6.07, 6.45) is 1.29. The van der Waals surface area contributed by atoms with Crippen LogP contribution in [0.3, 0.4) is 0 Å². The Hall–Kier alpha value is -0.580. The largest absolute Gasteiger partial charge is 0.393 e. The van der Waals surface area contributed by atoms with Gasteiger partial charge in [0.25, 0.3) is 0 Å². The molecule has 0 radical (unpaired) electrons. The Morgan fingerprint density at radius 2 is 2.11 bits per heavy atom. The number of hydrogen-bond donors (Lipinski definition) is 2. The summed E-state index contributed by atoms with van der Waals surface area (Å²) >= 11 is 3.56. The van der Waals surface area contributed by atoms with Crippen molar-refractivity contribution in [3.8, 4) is 0 Å². The highest BCUT2D eigenvalue weighted by Gasteiger charge is 2.28. The number of rotatable bonds is 4. The number of benzene rings is 1. The number of hydrogen-bond acceptors (Lipinski definition) is 3. The van der Waals surface area contributed by atoms with Crippen LogP contribution in [-0.2, 0) is 0 Å². The van der Waals surface area contributed by atoms with Crippen molar-refractivity contribution >= 4 is 21.6 Å². The van der Waals surface area contributed by atoms with Crippen molar-refractivity contribution in [2.45, 2.75) is 32.0 Å². The minimum absolute atomic E-state index is 0.0931. The van der Waals surface area contributed by atoms with Gasteiger partial charge in [0, 0.05) is 18.1 Å². The van der Waals surface area contributed by atoms with Crippen molar-refractivity contribution in [3.05, 3.63) is 28.2 Å². The van der Waals surface area contributed by atoms with E-state index >= 15 is 0 Å². The molecule has 1 aromatic rings. The molecule has 100 valence electrons. The average molecular weight is 314 g/mol. The fourth-order valence-electron chi connectivity index (χ4n) is 2.43. The van der Waals surface area contributed by atoms with Crippen LogP contribution in [0.2, 0.25) is 0 Å². The normalized spacial score (nSPS) is 24.5. The molecule has 1 aliphatic carbocycles. The van der Waals surface area contributed by atoms with Gasteiger partial charge in [-0.15, -0.1) is 0 Å². The maximum Gasteiger partial charge on any atom is 0.0762 e. The minimum atomic E-state index is -0.442. The van der Waals surface area contributed by atoms with E-state index in [-0.39, 0.29) is 6.10 Å². The summed E-state index contributed by atoms with van der Waals surface area (Å²) in [6, 6.07) is 5.95. The van der Waals surface area contributed by atoms with Crippen LogP contribution < -0.4 is 4.90 Å². The molecule has 0 unspecified atom stereocenters. The van der Waals surface area contributed by atoms with E-state index in [0.717, 1.165) is 35.1 Å². The van der Waals surface area contributed by atoms with E-state index in [9.17, 15) is 10.2 Å². The zero-order valence-corrected chi connectivity index (χ0v) is 12.4. The maximum absolute atomic E-state index is 9.54. The van der Waals surface area contributed by atoms with Crippen molar-refractivity contribution in [1.82, 2.24) is 0 Å². The molecule has 4 heteroatoms. The summed E-state index contributed by atoms with van der Waals surface area (Å²) in [5.74, 6) is 0.591. The van der Waals surface area contributed by atoms with Gasteiger partial charge in [0.15, 0.2) is 0 Å². The fourth-order valence-corrected chi connectivity index (χ4v) is 3.13. The molecule has 1 aromatic carbocycles. The first-order valence-corrected chi connectivity index (χ1v) is 7.13. The Morgan fingerprint density at radius 1 is 1.44 bits per heavy atom. The minimum Gasteiger partial charge on any atom is -0.393 e. The number of anilines is 1. The third-order valence-electron chi connectivity index (χ3n) is 3.61. The molecule has 1 aliphatic rings. The number of aliphatic hydroxyl groups excluding tert-OH is 2. The lowest BCUT2D eigenvalue weighted by atomic mass is 9.82. The third-order valence-corrected chi connectivity index (χ3v) is 4.24. The van der Waals surface area contributed by atoms with Gasteiger partial charge in [-0.25, -0.2) is 0 Å². The summed E-state index contributed by atoms with van der Waals surface area (Å²) in [6.45, 7) is 2.73. The molecule has 0 amide bonds. The van der Waals surface area contributed by atoms with Crippen LogP contribution in [0.5, 0.6) is 0 Å². The molecule has 1 fully saturated rings. The molecule has 0 heterocycles. The molecular weight excluding hydrogens is 294 g/mol. The molecule has 18 heavy (non-hydrogen) atoms. The summed E-state index contributed by atoms with van der Waals surface area (Å²) < 4.78 is 1.00. The van der Waals surface area contributed by atoms with E-state index in [0.29, 0.717) is 5.92 Å². The van der Waals surface area contributed by atoms with Crippen LogP contribution in [0.4, 0.5) is 5.69 Å². The molecule has 0 aromatic heterocycles. The topological polar surface area (TPSA) is 43.7 Å². The van der Waals surface area contributed by atoms with E-state index in [1.54, 1.807) is 6.92 Å². The summed E-state index contributed by atoms with van der Waals surface area (Å²) in [7, 11) is 2.06. The number of nitrogens with zero attached hydrogens (tertiary/aromatic N) is 1. The molecule has 2 rings (SSSR count). The summed E-state index contributed by atoms with van der Waals surface area (Å²) in [5.41, 5.74) is 2.04. The van der Waals surface area contributed by atoms with Gasteiger partial charge in [-0.1, -0.05) is 6.07 Å².